The lowest BCUT2D eigenvalue weighted by Crippen LogP contribution is -2.31. The van der Waals surface area contributed by atoms with E-state index in [-0.39, 0.29) is 11.5 Å². The molecule has 17 heavy (non-hydrogen) atoms. The number of rotatable bonds is 5. The van der Waals surface area contributed by atoms with E-state index in [1.54, 1.807) is 32.0 Å². The summed E-state index contributed by atoms with van der Waals surface area (Å²) in [6, 6.07) is 7.05. The summed E-state index contributed by atoms with van der Waals surface area (Å²) in [4.78, 5) is 12.2. The van der Waals surface area contributed by atoms with Gasteiger partial charge in [-0.25, -0.2) is 8.42 Å². The van der Waals surface area contributed by atoms with Crippen LogP contribution in [0, 0.1) is 6.92 Å². The van der Waals surface area contributed by atoms with Crippen molar-refractivity contribution < 1.29 is 13.2 Å². The summed E-state index contributed by atoms with van der Waals surface area (Å²) in [5, 5.41) is -0.908. The van der Waals surface area contributed by atoms with Crippen molar-refractivity contribution in [1.82, 2.24) is 0 Å². The number of hydrogen-bond acceptors (Lipinski definition) is 3. The largest absolute Gasteiger partial charge is 0.293 e. The van der Waals surface area contributed by atoms with Crippen molar-refractivity contribution >= 4 is 15.6 Å². The molecule has 1 atom stereocenters. The standard InChI is InChI=1S/C13H18O3S/c1-4-12(17(15,16)5-2)13(14)11-8-6-7-10(3)9-11/h6-9,12H,4-5H2,1-3H3/t12-/m0/s1. The van der Waals surface area contributed by atoms with E-state index >= 15 is 0 Å². The van der Waals surface area contributed by atoms with Crippen molar-refractivity contribution in [3.63, 3.8) is 0 Å². The predicted molar refractivity (Wildman–Crippen MR) is 69.0 cm³/mol. The van der Waals surface area contributed by atoms with Crippen molar-refractivity contribution in [3.8, 4) is 0 Å². The van der Waals surface area contributed by atoms with Crippen LogP contribution in [0.4, 0.5) is 0 Å². The highest BCUT2D eigenvalue weighted by Gasteiger charge is 2.29. The molecule has 0 unspecified atom stereocenters. The lowest BCUT2D eigenvalue weighted by atomic mass is 10.0. The smallest absolute Gasteiger partial charge is 0.180 e. The molecule has 0 saturated heterocycles. The molecule has 0 aromatic heterocycles. The van der Waals surface area contributed by atoms with E-state index in [0.29, 0.717) is 12.0 Å². The average Bonchev–Trinajstić information content (AvgIpc) is 2.29. The first-order valence-electron chi connectivity index (χ1n) is 5.74. The van der Waals surface area contributed by atoms with E-state index in [1.165, 1.54) is 0 Å². The molecule has 0 radical (unpaired) electrons. The number of benzene rings is 1. The fraction of sp³-hybridized carbons (Fsp3) is 0.462. The Hall–Kier alpha value is -1.16. The monoisotopic (exact) mass is 254 g/mol. The van der Waals surface area contributed by atoms with Gasteiger partial charge in [0.25, 0.3) is 0 Å². The minimum absolute atomic E-state index is 0.00304. The number of carbonyl (C=O) groups excluding carboxylic acids is 1. The van der Waals surface area contributed by atoms with Crippen LogP contribution in [0.5, 0.6) is 0 Å². The van der Waals surface area contributed by atoms with Crippen LogP contribution >= 0.6 is 0 Å². The molecule has 0 fully saturated rings. The van der Waals surface area contributed by atoms with Crippen LogP contribution in [0.15, 0.2) is 24.3 Å². The molecule has 94 valence electrons. The van der Waals surface area contributed by atoms with Crippen LogP contribution in [0.2, 0.25) is 0 Å². The summed E-state index contributed by atoms with van der Waals surface area (Å²) in [5.41, 5.74) is 1.44. The number of sulfone groups is 1. The molecular formula is C13H18O3S. The quantitative estimate of drug-likeness (QED) is 0.758. The van der Waals surface area contributed by atoms with Crippen molar-refractivity contribution in [1.29, 1.82) is 0 Å². The molecule has 0 aliphatic heterocycles. The molecule has 0 heterocycles. The SMILES string of the molecule is CC[C@@H](C(=O)c1cccc(C)c1)S(=O)(=O)CC. The lowest BCUT2D eigenvalue weighted by Gasteiger charge is -2.13. The van der Waals surface area contributed by atoms with Gasteiger partial charge in [-0.15, -0.1) is 0 Å². The summed E-state index contributed by atoms with van der Waals surface area (Å²) < 4.78 is 23.6. The van der Waals surface area contributed by atoms with Crippen LogP contribution < -0.4 is 0 Å². The third-order valence-corrected chi connectivity index (χ3v) is 5.02. The summed E-state index contributed by atoms with van der Waals surface area (Å²) >= 11 is 0. The zero-order valence-corrected chi connectivity index (χ0v) is 11.3. The zero-order chi connectivity index (χ0) is 13.1. The van der Waals surface area contributed by atoms with E-state index in [1.807, 2.05) is 13.0 Å². The Morgan fingerprint density at radius 1 is 1.29 bits per heavy atom. The fourth-order valence-electron chi connectivity index (χ4n) is 1.79. The van der Waals surface area contributed by atoms with Crippen LogP contribution in [0.3, 0.4) is 0 Å². The van der Waals surface area contributed by atoms with Crippen molar-refractivity contribution in [2.24, 2.45) is 0 Å². The molecule has 0 aliphatic carbocycles. The second-order valence-corrected chi connectivity index (χ2v) is 6.55. The molecule has 1 aromatic carbocycles. The minimum atomic E-state index is -3.32. The van der Waals surface area contributed by atoms with Gasteiger partial charge in [-0.2, -0.15) is 0 Å². The Balaban J connectivity index is 3.11. The maximum Gasteiger partial charge on any atom is 0.180 e. The molecule has 0 aliphatic rings. The third-order valence-electron chi connectivity index (χ3n) is 2.80. The topological polar surface area (TPSA) is 51.2 Å². The summed E-state index contributed by atoms with van der Waals surface area (Å²) in [5.74, 6) is -0.290. The molecule has 0 N–H and O–H groups in total. The van der Waals surface area contributed by atoms with Gasteiger partial charge in [0.1, 0.15) is 5.25 Å². The number of hydrogen-bond donors (Lipinski definition) is 0. The third kappa shape index (κ3) is 3.16. The van der Waals surface area contributed by atoms with Crippen molar-refractivity contribution in [2.45, 2.75) is 32.4 Å². The van der Waals surface area contributed by atoms with Crippen molar-refractivity contribution in [2.75, 3.05) is 5.75 Å². The van der Waals surface area contributed by atoms with Crippen LogP contribution in [-0.4, -0.2) is 25.2 Å². The second-order valence-electron chi connectivity index (χ2n) is 4.08. The summed E-state index contributed by atoms with van der Waals surface area (Å²) in [6.07, 6.45) is 0.322. The van der Waals surface area contributed by atoms with Gasteiger partial charge in [0, 0.05) is 11.3 Å². The second kappa shape index (κ2) is 5.45. The Kier molecular flexibility index (Phi) is 4.46. The Bertz CT molecular complexity index is 503. The van der Waals surface area contributed by atoms with E-state index in [2.05, 4.69) is 0 Å². The number of carbonyl (C=O) groups is 1. The van der Waals surface area contributed by atoms with Crippen LogP contribution in [-0.2, 0) is 9.84 Å². The van der Waals surface area contributed by atoms with Gasteiger partial charge in [0.05, 0.1) is 0 Å². The molecule has 0 amide bonds. The van der Waals surface area contributed by atoms with Gasteiger partial charge in [0.2, 0.25) is 0 Å². The van der Waals surface area contributed by atoms with Crippen LogP contribution in [0.1, 0.15) is 36.2 Å². The Morgan fingerprint density at radius 2 is 1.94 bits per heavy atom. The normalized spacial score (nSPS) is 13.4. The van der Waals surface area contributed by atoms with Crippen LogP contribution in [0.25, 0.3) is 0 Å². The van der Waals surface area contributed by atoms with Crippen molar-refractivity contribution in [3.05, 3.63) is 35.4 Å². The van der Waals surface area contributed by atoms with E-state index in [0.717, 1.165) is 5.56 Å². The molecule has 0 spiro atoms. The molecule has 1 rings (SSSR count). The fourth-order valence-corrected chi connectivity index (χ4v) is 3.16. The molecule has 4 heteroatoms. The van der Waals surface area contributed by atoms with Gasteiger partial charge in [-0.1, -0.05) is 37.6 Å². The minimum Gasteiger partial charge on any atom is -0.293 e. The lowest BCUT2D eigenvalue weighted by molar-refractivity contribution is 0.0985. The number of ketones is 1. The van der Waals surface area contributed by atoms with Gasteiger partial charge in [-0.05, 0) is 19.4 Å². The molecule has 3 nitrogen and oxygen atoms in total. The summed E-state index contributed by atoms with van der Waals surface area (Å²) in [6.45, 7) is 5.18. The van der Waals surface area contributed by atoms with Gasteiger partial charge in [0.15, 0.2) is 15.6 Å². The maximum atomic E-state index is 12.2. The molecular weight excluding hydrogens is 236 g/mol. The zero-order valence-electron chi connectivity index (χ0n) is 10.4. The van der Waals surface area contributed by atoms with Gasteiger partial charge >= 0.3 is 0 Å². The highest BCUT2D eigenvalue weighted by Crippen LogP contribution is 2.15. The number of Topliss-reactive ketones (excluding diaryl/α,β-unsaturated/α-hetero) is 1. The first-order chi connectivity index (χ1) is 7.92. The van der Waals surface area contributed by atoms with Gasteiger partial charge < -0.3 is 0 Å². The molecule has 0 bridgehead atoms. The first kappa shape index (κ1) is 13.9. The highest BCUT2D eigenvalue weighted by molar-refractivity contribution is 7.92. The van der Waals surface area contributed by atoms with Gasteiger partial charge in [-0.3, -0.25) is 4.79 Å². The maximum absolute atomic E-state index is 12.2. The number of aryl methyl sites for hydroxylation is 1. The van der Waals surface area contributed by atoms with E-state index in [9.17, 15) is 13.2 Å². The van der Waals surface area contributed by atoms with E-state index in [4.69, 9.17) is 0 Å². The predicted octanol–water partition coefficient (Wildman–Crippen LogP) is 2.39. The molecule has 1 aromatic rings. The molecule has 0 saturated carbocycles. The first-order valence-corrected chi connectivity index (χ1v) is 7.46. The summed E-state index contributed by atoms with van der Waals surface area (Å²) in [7, 11) is -3.32. The average molecular weight is 254 g/mol. The highest BCUT2D eigenvalue weighted by atomic mass is 32.2. The van der Waals surface area contributed by atoms with E-state index < -0.39 is 15.1 Å². The Labute approximate surface area is 103 Å². The Morgan fingerprint density at radius 3 is 2.41 bits per heavy atom.